The first kappa shape index (κ1) is 13.3. The highest BCUT2D eigenvalue weighted by Crippen LogP contribution is 2.36. The van der Waals surface area contributed by atoms with Crippen molar-refractivity contribution in [2.24, 2.45) is 0 Å². The van der Waals surface area contributed by atoms with E-state index < -0.39 is 15.0 Å². The lowest BCUT2D eigenvalue weighted by Gasteiger charge is -2.00. The molecule has 0 radical (unpaired) electrons. The Morgan fingerprint density at radius 2 is 2.28 bits per heavy atom. The van der Waals surface area contributed by atoms with Crippen LogP contribution in [0.15, 0.2) is 23.4 Å². The third kappa shape index (κ3) is 2.33. The second-order valence-corrected chi connectivity index (χ2v) is 6.85. The number of pyridine rings is 1. The van der Waals surface area contributed by atoms with Crippen molar-refractivity contribution in [3.63, 3.8) is 0 Å². The Kier molecular flexibility index (Phi) is 3.56. The summed E-state index contributed by atoms with van der Waals surface area (Å²) in [6.07, 6.45) is 2.88. The zero-order valence-electron chi connectivity index (χ0n) is 9.21. The van der Waals surface area contributed by atoms with Gasteiger partial charge in [-0.2, -0.15) is 0 Å². The van der Waals surface area contributed by atoms with Gasteiger partial charge in [-0.25, -0.2) is 13.2 Å². The summed E-state index contributed by atoms with van der Waals surface area (Å²) in [5.74, 6) is -0.696. The van der Waals surface area contributed by atoms with E-state index >= 15 is 0 Å². The SMILES string of the molecule is CCOC(=O)c1sc2ccncc2c1S(=O)(=O)Cl. The molecule has 0 amide bonds. The van der Waals surface area contributed by atoms with Crippen molar-refractivity contribution in [1.82, 2.24) is 4.98 Å². The number of carbonyl (C=O) groups is 1. The van der Waals surface area contributed by atoms with Crippen LogP contribution in [0.2, 0.25) is 0 Å². The summed E-state index contributed by atoms with van der Waals surface area (Å²) < 4.78 is 28.6. The quantitative estimate of drug-likeness (QED) is 0.643. The second-order valence-electron chi connectivity index (χ2n) is 3.29. The van der Waals surface area contributed by atoms with Crippen LogP contribution in [0.4, 0.5) is 0 Å². The zero-order chi connectivity index (χ0) is 13.3. The van der Waals surface area contributed by atoms with Crippen molar-refractivity contribution in [2.75, 3.05) is 6.61 Å². The standard InChI is InChI=1S/C10H8ClNO4S2/c1-2-16-10(13)8-9(18(11,14)15)6-5-12-4-3-7(6)17-8/h3-5H,2H2,1H3. The average Bonchev–Trinajstić information content (AvgIpc) is 2.68. The largest absolute Gasteiger partial charge is 0.462 e. The molecule has 0 fully saturated rings. The summed E-state index contributed by atoms with van der Waals surface area (Å²) in [7, 11) is 1.33. The van der Waals surface area contributed by atoms with Gasteiger partial charge in [0.1, 0.15) is 9.77 Å². The first-order valence-corrected chi connectivity index (χ1v) is 8.06. The van der Waals surface area contributed by atoms with Crippen LogP contribution in [0.25, 0.3) is 10.1 Å². The average molecular weight is 306 g/mol. The second kappa shape index (κ2) is 4.83. The van der Waals surface area contributed by atoms with Crippen molar-refractivity contribution in [3.05, 3.63) is 23.3 Å². The molecule has 0 unspecified atom stereocenters. The molecule has 0 aliphatic carbocycles. The van der Waals surface area contributed by atoms with Gasteiger partial charge in [0.15, 0.2) is 0 Å². The Hall–Kier alpha value is -1.18. The zero-order valence-corrected chi connectivity index (χ0v) is 11.6. The third-order valence-corrected chi connectivity index (χ3v) is 4.80. The number of thiophene rings is 1. The lowest BCUT2D eigenvalue weighted by molar-refractivity contribution is 0.0528. The molecule has 5 nitrogen and oxygen atoms in total. The molecular weight excluding hydrogens is 298 g/mol. The fourth-order valence-electron chi connectivity index (χ4n) is 1.49. The molecule has 18 heavy (non-hydrogen) atoms. The molecule has 0 aliphatic rings. The van der Waals surface area contributed by atoms with Crippen LogP contribution in [-0.2, 0) is 13.8 Å². The van der Waals surface area contributed by atoms with Crippen molar-refractivity contribution in [3.8, 4) is 0 Å². The molecule has 8 heteroatoms. The predicted molar refractivity (Wildman–Crippen MR) is 68.6 cm³/mol. The van der Waals surface area contributed by atoms with E-state index in [1.807, 2.05) is 0 Å². The number of halogens is 1. The lowest BCUT2D eigenvalue weighted by Crippen LogP contribution is -2.06. The molecule has 96 valence electrons. The number of esters is 1. The molecule has 0 aromatic carbocycles. The number of carbonyl (C=O) groups excluding carboxylic acids is 1. The highest BCUT2D eigenvalue weighted by molar-refractivity contribution is 8.14. The van der Waals surface area contributed by atoms with Gasteiger partial charge in [0.25, 0.3) is 9.05 Å². The number of rotatable bonds is 3. The van der Waals surface area contributed by atoms with Crippen LogP contribution < -0.4 is 0 Å². The van der Waals surface area contributed by atoms with Gasteiger partial charge in [-0.3, -0.25) is 4.98 Å². The van der Waals surface area contributed by atoms with E-state index in [1.165, 1.54) is 12.4 Å². The summed E-state index contributed by atoms with van der Waals surface area (Å²) in [5, 5.41) is 0.334. The molecule has 0 aliphatic heterocycles. The van der Waals surface area contributed by atoms with Gasteiger partial charge in [0, 0.05) is 33.2 Å². The number of aromatic nitrogens is 1. The first-order valence-electron chi connectivity index (χ1n) is 4.93. The fourth-order valence-corrected chi connectivity index (χ4v) is 4.32. The number of hydrogen-bond donors (Lipinski definition) is 0. The smallest absolute Gasteiger partial charge is 0.349 e. The summed E-state index contributed by atoms with van der Waals surface area (Å²) in [5.41, 5.74) is 0. The van der Waals surface area contributed by atoms with Crippen LogP contribution in [0, 0.1) is 0 Å². The molecule has 0 spiro atoms. The monoisotopic (exact) mass is 305 g/mol. The minimum Gasteiger partial charge on any atom is -0.462 e. The van der Waals surface area contributed by atoms with Gasteiger partial charge in [-0.15, -0.1) is 11.3 Å². The van der Waals surface area contributed by atoms with Crippen molar-refractivity contribution >= 4 is 47.1 Å². The molecule has 2 aromatic heterocycles. The van der Waals surface area contributed by atoms with Crippen LogP contribution in [0.3, 0.4) is 0 Å². The van der Waals surface area contributed by atoms with Crippen LogP contribution in [-0.4, -0.2) is 26.0 Å². The van der Waals surface area contributed by atoms with E-state index in [0.29, 0.717) is 10.1 Å². The van der Waals surface area contributed by atoms with Crippen molar-refractivity contribution in [1.29, 1.82) is 0 Å². The minimum absolute atomic E-state index is 0.0187. The number of nitrogens with zero attached hydrogens (tertiary/aromatic N) is 1. The lowest BCUT2D eigenvalue weighted by atomic mass is 10.3. The topological polar surface area (TPSA) is 73.3 Å². The maximum absolute atomic E-state index is 11.7. The Morgan fingerprint density at radius 1 is 1.56 bits per heavy atom. The van der Waals surface area contributed by atoms with E-state index in [0.717, 1.165) is 11.3 Å². The Balaban J connectivity index is 2.77. The summed E-state index contributed by atoms with van der Waals surface area (Å²) in [6.45, 7) is 1.80. The Labute approximate surface area is 112 Å². The molecule has 0 bridgehead atoms. The summed E-state index contributed by atoms with van der Waals surface area (Å²) in [6, 6.07) is 1.62. The predicted octanol–water partition coefficient (Wildman–Crippen LogP) is 2.40. The molecule has 2 heterocycles. The van der Waals surface area contributed by atoms with Gasteiger partial charge in [0.2, 0.25) is 0 Å². The van der Waals surface area contributed by atoms with E-state index in [2.05, 4.69) is 4.98 Å². The van der Waals surface area contributed by atoms with Crippen LogP contribution >= 0.6 is 22.0 Å². The highest BCUT2D eigenvalue weighted by atomic mass is 35.7. The number of hydrogen-bond acceptors (Lipinski definition) is 6. The highest BCUT2D eigenvalue weighted by Gasteiger charge is 2.27. The van der Waals surface area contributed by atoms with Gasteiger partial charge >= 0.3 is 5.97 Å². The van der Waals surface area contributed by atoms with E-state index in [9.17, 15) is 13.2 Å². The Bertz CT molecular complexity index is 708. The first-order chi connectivity index (χ1) is 8.45. The van der Waals surface area contributed by atoms with Crippen molar-refractivity contribution in [2.45, 2.75) is 11.8 Å². The molecule has 0 N–H and O–H groups in total. The third-order valence-electron chi connectivity index (χ3n) is 2.15. The van der Waals surface area contributed by atoms with E-state index in [-0.39, 0.29) is 16.4 Å². The summed E-state index contributed by atoms with van der Waals surface area (Å²) >= 11 is 1.02. The van der Waals surface area contributed by atoms with Gasteiger partial charge in [-0.1, -0.05) is 0 Å². The van der Waals surface area contributed by atoms with Crippen molar-refractivity contribution < 1.29 is 17.9 Å². The molecule has 0 saturated heterocycles. The molecule has 0 saturated carbocycles. The maximum Gasteiger partial charge on any atom is 0.349 e. The van der Waals surface area contributed by atoms with Gasteiger partial charge in [-0.05, 0) is 13.0 Å². The number of fused-ring (bicyclic) bond motifs is 1. The molecule has 2 rings (SSSR count). The van der Waals surface area contributed by atoms with Gasteiger partial charge < -0.3 is 4.74 Å². The normalized spacial score (nSPS) is 11.7. The van der Waals surface area contributed by atoms with E-state index in [4.69, 9.17) is 15.4 Å². The minimum atomic E-state index is -4.04. The van der Waals surface area contributed by atoms with Crippen LogP contribution in [0.1, 0.15) is 16.6 Å². The molecule has 2 aromatic rings. The van der Waals surface area contributed by atoms with E-state index in [1.54, 1.807) is 13.0 Å². The van der Waals surface area contributed by atoms with Gasteiger partial charge in [0.05, 0.1) is 6.61 Å². The number of ether oxygens (including phenoxy) is 1. The summed E-state index contributed by atoms with van der Waals surface area (Å²) in [4.78, 5) is 15.3. The maximum atomic E-state index is 11.7. The van der Waals surface area contributed by atoms with Crippen LogP contribution in [0.5, 0.6) is 0 Å². The molecule has 0 atom stereocenters. The fraction of sp³-hybridized carbons (Fsp3) is 0.200. The molecular formula is C10H8ClNO4S2. The Morgan fingerprint density at radius 3 is 2.89 bits per heavy atom.